The van der Waals surface area contributed by atoms with Crippen LogP contribution in [0.15, 0.2) is 30.4 Å². The summed E-state index contributed by atoms with van der Waals surface area (Å²) in [7, 11) is 1.72. The maximum Gasteiger partial charge on any atom is 0.303 e. The Morgan fingerprint density at radius 2 is 2.00 bits per heavy atom. The van der Waals surface area contributed by atoms with E-state index in [0.717, 1.165) is 37.9 Å². The molecule has 28 heavy (non-hydrogen) atoms. The van der Waals surface area contributed by atoms with Gasteiger partial charge in [0.15, 0.2) is 11.4 Å². The summed E-state index contributed by atoms with van der Waals surface area (Å²) in [5, 5.41) is 0. The Morgan fingerprint density at radius 3 is 2.75 bits per heavy atom. The molecule has 0 aromatic heterocycles. The molecule has 1 aromatic rings. The predicted molar refractivity (Wildman–Crippen MR) is 105 cm³/mol. The fourth-order valence-electron chi connectivity index (χ4n) is 7.38. The smallest absolute Gasteiger partial charge is 0.303 e. The van der Waals surface area contributed by atoms with E-state index in [-0.39, 0.29) is 22.6 Å². The monoisotopic (exact) mass is 380 g/mol. The first-order chi connectivity index (χ1) is 13.4. The lowest BCUT2D eigenvalue weighted by atomic mass is 9.44. The number of allylic oxidation sites excluding steroid dienone is 1. The number of fused-ring (bicyclic) bond motifs is 3. The molecule has 0 aliphatic heterocycles. The van der Waals surface area contributed by atoms with Gasteiger partial charge < -0.3 is 9.47 Å². The first-order valence-corrected chi connectivity index (χ1v) is 10.5. The summed E-state index contributed by atoms with van der Waals surface area (Å²) in [6, 6.07) is 6.51. The molecular weight excluding hydrogens is 352 g/mol. The second-order valence-corrected chi connectivity index (χ2v) is 9.35. The maximum absolute atomic E-state index is 13.0. The number of methoxy groups -OCH3 is 1. The molecule has 0 N–H and O–H groups in total. The number of carbonyl (C=O) groups is 2. The summed E-state index contributed by atoms with van der Waals surface area (Å²) in [6.07, 6.45) is 9.58. The average molecular weight is 380 g/mol. The highest BCUT2D eigenvalue weighted by Crippen LogP contribution is 2.74. The molecule has 2 saturated carbocycles. The normalized spacial score (nSPS) is 40.3. The molecule has 5 rings (SSSR count). The van der Waals surface area contributed by atoms with E-state index < -0.39 is 5.60 Å². The Morgan fingerprint density at radius 1 is 1.18 bits per heavy atom. The lowest BCUT2D eigenvalue weighted by Gasteiger charge is -2.60. The van der Waals surface area contributed by atoms with Gasteiger partial charge in [-0.25, -0.2) is 0 Å². The van der Waals surface area contributed by atoms with E-state index >= 15 is 0 Å². The number of carbonyl (C=O) groups excluding carboxylic acids is 2. The van der Waals surface area contributed by atoms with Crippen LogP contribution in [0.5, 0.6) is 5.75 Å². The fourth-order valence-corrected chi connectivity index (χ4v) is 7.38. The zero-order valence-corrected chi connectivity index (χ0v) is 16.9. The Kier molecular flexibility index (Phi) is 3.66. The van der Waals surface area contributed by atoms with Crippen molar-refractivity contribution < 1.29 is 19.1 Å². The topological polar surface area (TPSA) is 52.6 Å². The van der Waals surface area contributed by atoms with E-state index in [9.17, 15) is 9.59 Å². The molecule has 2 bridgehead atoms. The van der Waals surface area contributed by atoms with Crippen molar-refractivity contribution in [3.05, 3.63) is 41.5 Å². The summed E-state index contributed by atoms with van der Waals surface area (Å²) in [4.78, 5) is 25.0. The van der Waals surface area contributed by atoms with Gasteiger partial charge in [-0.15, -0.1) is 0 Å². The van der Waals surface area contributed by atoms with Crippen LogP contribution in [0.3, 0.4) is 0 Å². The van der Waals surface area contributed by atoms with E-state index in [1.54, 1.807) is 13.2 Å². The van der Waals surface area contributed by atoms with Gasteiger partial charge in [-0.2, -0.15) is 0 Å². The van der Waals surface area contributed by atoms with Crippen LogP contribution in [0.4, 0.5) is 0 Å². The summed E-state index contributed by atoms with van der Waals surface area (Å²) >= 11 is 0. The van der Waals surface area contributed by atoms with Crippen LogP contribution < -0.4 is 4.74 Å². The molecule has 0 spiro atoms. The van der Waals surface area contributed by atoms with E-state index in [0.29, 0.717) is 18.3 Å². The Labute approximate surface area is 166 Å². The van der Waals surface area contributed by atoms with Crippen LogP contribution in [0.2, 0.25) is 0 Å². The molecule has 0 unspecified atom stereocenters. The van der Waals surface area contributed by atoms with Crippen LogP contribution >= 0.6 is 0 Å². The molecule has 4 heteroatoms. The number of benzene rings is 1. The van der Waals surface area contributed by atoms with Gasteiger partial charge in [0.05, 0.1) is 7.11 Å². The van der Waals surface area contributed by atoms with Crippen molar-refractivity contribution in [2.75, 3.05) is 7.11 Å². The van der Waals surface area contributed by atoms with Crippen LogP contribution in [-0.2, 0) is 20.7 Å². The van der Waals surface area contributed by atoms with Crippen LogP contribution in [0, 0.1) is 16.7 Å². The minimum absolute atomic E-state index is 0.0160. The van der Waals surface area contributed by atoms with Crippen LogP contribution in [0.1, 0.15) is 63.0 Å². The zero-order chi connectivity index (χ0) is 19.7. The predicted octanol–water partition coefficient (Wildman–Crippen LogP) is 4.36. The Bertz CT molecular complexity index is 902. The van der Waals surface area contributed by atoms with Gasteiger partial charge in [-0.3, -0.25) is 9.59 Å². The average Bonchev–Trinajstić information content (AvgIpc) is 2.84. The first kappa shape index (κ1) is 18.0. The number of ether oxygens (including phenoxy) is 2. The molecule has 2 fully saturated rings. The van der Waals surface area contributed by atoms with Crippen molar-refractivity contribution in [3.63, 3.8) is 0 Å². The van der Waals surface area contributed by atoms with Crippen molar-refractivity contribution in [2.24, 2.45) is 16.7 Å². The summed E-state index contributed by atoms with van der Waals surface area (Å²) in [6.45, 7) is 3.64. The molecule has 4 nitrogen and oxygen atoms in total. The highest BCUT2D eigenvalue weighted by molar-refractivity contribution is 6.01. The molecule has 1 aromatic carbocycles. The molecule has 4 aliphatic rings. The SMILES string of the molecule is COc1ccc2c(c1)CC[C@@H]1[C@@H]2CC[C@@]2(C)[C@]13C=CC(=O)[C@]2(OC(C)=O)CC3. The number of hydrogen-bond acceptors (Lipinski definition) is 4. The molecule has 4 aliphatic carbocycles. The van der Waals surface area contributed by atoms with E-state index in [4.69, 9.17) is 9.47 Å². The van der Waals surface area contributed by atoms with Crippen molar-refractivity contribution in [1.29, 1.82) is 0 Å². The van der Waals surface area contributed by atoms with Gasteiger partial charge in [0.25, 0.3) is 0 Å². The highest BCUT2D eigenvalue weighted by atomic mass is 16.6. The number of ketones is 1. The molecule has 148 valence electrons. The van der Waals surface area contributed by atoms with E-state index in [1.165, 1.54) is 18.1 Å². The van der Waals surface area contributed by atoms with Crippen LogP contribution in [-0.4, -0.2) is 24.5 Å². The standard InChI is InChI=1S/C24H28O4/c1-15(25)28-24-13-12-23(11-9-21(24)26)20-7-4-16-14-17(27-3)5-6-18(16)19(20)8-10-22(23,24)2/h5-6,9,11,14,19-20H,4,7-8,10,12-13H2,1-3H3/t19-,20-,22+,23+,24-/m1/s1. The Balaban J connectivity index is 1.61. The van der Waals surface area contributed by atoms with Gasteiger partial charge in [0, 0.05) is 17.8 Å². The largest absolute Gasteiger partial charge is 0.497 e. The van der Waals surface area contributed by atoms with E-state index in [1.807, 2.05) is 0 Å². The number of hydrogen-bond donors (Lipinski definition) is 0. The van der Waals surface area contributed by atoms with Gasteiger partial charge in [-0.1, -0.05) is 19.1 Å². The third kappa shape index (κ3) is 1.96. The first-order valence-electron chi connectivity index (χ1n) is 10.5. The Hall–Kier alpha value is -2.10. The third-order valence-electron chi connectivity index (χ3n) is 8.63. The molecule has 0 heterocycles. The van der Waals surface area contributed by atoms with Crippen molar-refractivity contribution in [2.45, 2.75) is 63.9 Å². The van der Waals surface area contributed by atoms with Crippen molar-refractivity contribution >= 4 is 11.8 Å². The zero-order valence-electron chi connectivity index (χ0n) is 16.9. The van der Waals surface area contributed by atoms with Gasteiger partial charge in [0.2, 0.25) is 0 Å². The summed E-state index contributed by atoms with van der Waals surface area (Å²) in [5.41, 5.74) is 1.49. The lowest BCUT2D eigenvalue weighted by Crippen LogP contribution is -2.62. The van der Waals surface area contributed by atoms with E-state index in [2.05, 4.69) is 31.2 Å². The lowest BCUT2D eigenvalue weighted by molar-refractivity contribution is -0.190. The molecule has 0 amide bonds. The second kappa shape index (κ2) is 5.71. The fraction of sp³-hybridized carbons (Fsp3) is 0.583. The van der Waals surface area contributed by atoms with Gasteiger partial charge in [0.1, 0.15) is 5.75 Å². The van der Waals surface area contributed by atoms with Crippen LogP contribution in [0.25, 0.3) is 0 Å². The molecule has 5 atom stereocenters. The number of rotatable bonds is 2. The number of esters is 1. The highest BCUT2D eigenvalue weighted by Gasteiger charge is 2.74. The minimum Gasteiger partial charge on any atom is -0.497 e. The van der Waals surface area contributed by atoms with Gasteiger partial charge in [-0.05, 0) is 79.7 Å². The minimum atomic E-state index is -0.973. The molecular formula is C24H28O4. The maximum atomic E-state index is 13.0. The van der Waals surface area contributed by atoms with Gasteiger partial charge >= 0.3 is 5.97 Å². The number of aryl methyl sites for hydroxylation is 1. The third-order valence-corrected chi connectivity index (χ3v) is 8.63. The quantitative estimate of drug-likeness (QED) is 0.715. The van der Waals surface area contributed by atoms with Crippen molar-refractivity contribution in [3.8, 4) is 5.75 Å². The summed E-state index contributed by atoms with van der Waals surface area (Å²) < 4.78 is 11.3. The summed E-state index contributed by atoms with van der Waals surface area (Å²) in [5.74, 6) is 1.54. The molecule has 0 saturated heterocycles. The molecule has 0 radical (unpaired) electrons. The van der Waals surface area contributed by atoms with Crippen molar-refractivity contribution in [1.82, 2.24) is 0 Å². The second-order valence-electron chi connectivity index (χ2n) is 9.35.